The lowest BCUT2D eigenvalue weighted by Gasteiger charge is -2.33. The second-order valence-corrected chi connectivity index (χ2v) is 9.10. The molecule has 0 aliphatic carbocycles. The van der Waals surface area contributed by atoms with Crippen LogP contribution in [-0.4, -0.2) is 71.8 Å². The van der Waals surface area contributed by atoms with Crippen LogP contribution in [0.25, 0.3) is 0 Å². The monoisotopic (exact) mass is 425 g/mol. The number of amides is 2. The number of sulfonamides is 1. The Labute approximate surface area is 165 Å². The second-order valence-electron chi connectivity index (χ2n) is 6.26. The van der Waals surface area contributed by atoms with Gasteiger partial charge in [-0.1, -0.05) is 0 Å². The first-order chi connectivity index (χ1) is 13.2. The van der Waals surface area contributed by atoms with Gasteiger partial charge in [-0.05, 0) is 6.07 Å². The molecule has 0 bridgehead atoms. The van der Waals surface area contributed by atoms with E-state index in [1.54, 1.807) is 10.3 Å². The first-order valence-electron chi connectivity index (χ1n) is 8.40. The van der Waals surface area contributed by atoms with Gasteiger partial charge < -0.3 is 9.88 Å². The number of carbonyl (C=O) groups excluding carboxylic acids is 2. The van der Waals surface area contributed by atoms with Crippen LogP contribution in [0.15, 0.2) is 28.5 Å². The molecule has 28 heavy (non-hydrogen) atoms. The third-order valence-electron chi connectivity index (χ3n) is 4.21. The molecule has 2 amide bonds. The predicted molar refractivity (Wildman–Crippen MR) is 104 cm³/mol. The molecular formula is C16H19N5O5S2. The van der Waals surface area contributed by atoms with Crippen LogP contribution in [0.5, 0.6) is 0 Å². The molecular weight excluding hydrogens is 406 g/mol. The molecule has 2 aromatic rings. The summed E-state index contributed by atoms with van der Waals surface area (Å²) in [6, 6.07) is 2.66. The first-order valence-corrected chi connectivity index (χ1v) is 11.1. The molecule has 0 spiro atoms. The fraction of sp³-hybridized carbons (Fsp3) is 0.375. The van der Waals surface area contributed by atoms with E-state index in [2.05, 4.69) is 15.3 Å². The molecule has 0 saturated carbocycles. The fourth-order valence-corrected chi connectivity index (χ4v) is 4.23. The summed E-state index contributed by atoms with van der Waals surface area (Å²) >= 11 is 1.19. The summed E-state index contributed by atoms with van der Waals surface area (Å²) in [6.07, 6.45) is 2.54. The lowest BCUT2D eigenvalue weighted by atomic mass is 10.2. The number of anilines is 1. The summed E-state index contributed by atoms with van der Waals surface area (Å²) in [5.74, 6) is -0.558. The number of hydrogen-bond acceptors (Lipinski definition) is 7. The normalized spacial score (nSPS) is 15.4. The van der Waals surface area contributed by atoms with Crippen molar-refractivity contribution in [2.24, 2.45) is 0 Å². The molecule has 150 valence electrons. The number of aromatic nitrogens is 2. The zero-order chi connectivity index (χ0) is 20.3. The second kappa shape index (κ2) is 8.20. The van der Waals surface area contributed by atoms with Crippen LogP contribution >= 0.6 is 11.3 Å². The molecule has 0 radical (unpaired) electrons. The standard InChI is InChI=1S/C16H19N5O5S2/c1-28(25,26)21-6-4-20(5-7-21)14(23)8-12-10-27-16(18-12)19-15(24)11-2-3-13(22)17-9-11/h2-3,9-10H,4-8H2,1H3,(H,17,22)(H,18,19,24). The molecule has 1 aliphatic rings. The van der Waals surface area contributed by atoms with Gasteiger partial charge in [-0.25, -0.2) is 13.4 Å². The number of rotatable bonds is 5. The largest absolute Gasteiger partial charge is 0.340 e. The van der Waals surface area contributed by atoms with Gasteiger partial charge in [0.1, 0.15) is 0 Å². The highest BCUT2D eigenvalue weighted by molar-refractivity contribution is 7.88. The summed E-state index contributed by atoms with van der Waals surface area (Å²) in [7, 11) is -3.24. The minimum atomic E-state index is -3.24. The van der Waals surface area contributed by atoms with Crippen LogP contribution < -0.4 is 10.9 Å². The molecule has 3 rings (SSSR count). The number of nitrogens with one attached hydrogen (secondary N) is 2. The highest BCUT2D eigenvalue weighted by Gasteiger charge is 2.26. The van der Waals surface area contributed by atoms with Gasteiger partial charge in [0.05, 0.1) is 23.9 Å². The van der Waals surface area contributed by atoms with Crippen LogP contribution in [0, 0.1) is 0 Å². The summed E-state index contributed by atoms with van der Waals surface area (Å²) in [5.41, 5.74) is 0.512. The van der Waals surface area contributed by atoms with E-state index in [1.165, 1.54) is 34.0 Å². The maximum Gasteiger partial charge on any atom is 0.258 e. The van der Waals surface area contributed by atoms with Gasteiger partial charge in [-0.15, -0.1) is 11.3 Å². The van der Waals surface area contributed by atoms with Crippen molar-refractivity contribution in [3.05, 3.63) is 45.3 Å². The smallest absolute Gasteiger partial charge is 0.258 e. The molecule has 1 saturated heterocycles. The Morgan fingerprint density at radius 3 is 2.57 bits per heavy atom. The number of pyridine rings is 1. The van der Waals surface area contributed by atoms with Crippen molar-refractivity contribution < 1.29 is 18.0 Å². The number of piperazine rings is 1. The van der Waals surface area contributed by atoms with Crippen molar-refractivity contribution >= 4 is 38.3 Å². The van der Waals surface area contributed by atoms with Gasteiger partial charge in [0.15, 0.2) is 5.13 Å². The Morgan fingerprint density at radius 2 is 1.96 bits per heavy atom. The molecule has 2 aromatic heterocycles. The van der Waals surface area contributed by atoms with Crippen molar-refractivity contribution in [3.8, 4) is 0 Å². The van der Waals surface area contributed by atoms with Gasteiger partial charge in [-0.3, -0.25) is 19.7 Å². The summed E-state index contributed by atoms with van der Waals surface area (Å²) < 4.78 is 24.4. The number of hydrogen-bond donors (Lipinski definition) is 2. The number of carbonyl (C=O) groups is 2. The lowest BCUT2D eigenvalue weighted by Crippen LogP contribution is -2.50. The zero-order valence-corrected chi connectivity index (χ0v) is 16.7. The Morgan fingerprint density at radius 1 is 1.25 bits per heavy atom. The molecule has 1 fully saturated rings. The maximum atomic E-state index is 12.4. The summed E-state index contributed by atoms with van der Waals surface area (Å²) in [5, 5.41) is 4.66. The number of aromatic amines is 1. The SMILES string of the molecule is CS(=O)(=O)N1CCN(C(=O)Cc2csc(NC(=O)c3ccc(=O)[nH]c3)n2)CC1. The van der Waals surface area contributed by atoms with E-state index in [0.717, 1.165) is 6.26 Å². The van der Waals surface area contributed by atoms with Crippen molar-refractivity contribution in [1.82, 2.24) is 19.2 Å². The summed E-state index contributed by atoms with van der Waals surface area (Å²) in [4.78, 5) is 43.8. The van der Waals surface area contributed by atoms with E-state index in [9.17, 15) is 22.8 Å². The van der Waals surface area contributed by atoms with Crippen LogP contribution in [0.2, 0.25) is 0 Å². The van der Waals surface area contributed by atoms with E-state index < -0.39 is 15.9 Å². The molecule has 0 unspecified atom stereocenters. The van der Waals surface area contributed by atoms with Gasteiger partial charge in [0, 0.05) is 43.8 Å². The van der Waals surface area contributed by atoms with Crippen LogP contribution in [-0.2, 0) is 21.2 Å². The molecule has 0 atom stereocenters. The molecule has 2 N–H and O–H groups in total. The van der Waals surface area contributed by atoms with Crippen LogP contribution in [0.3, 0.4) is 0 Å². The third kappa shape index (κ3) is 5.03. The third-order valence-corrected chi connectivity index (χ3v) is 6.32. The van der Waals surface area contributed by atoms with E-state index >= 15 is 0 Å². The van der Waals surface area contributed by atoms with Gasteiger partial charge in [-0.2, -0.15) is 4.31 Å². The van der Waals surface area contributed by atoms with Crippen LogP contribution in [0.1, 0.15) is 16.1 Å². The predicted octanol–water partition coefficient (Wildman–Crippen LogP) is -0.270. The minimum Gasteiger partial charge on any atom is -0.340 e. The van der Waals surface area contributed by atoms with Crippen LogP contribution in [0.4, 0.5) is 5.13 Å². The molecule has 0 aromatic carbocycles. The van der Waals surface area contributed by atoms with Crippen molar-refractivity contribution in [1.29, 1.82) is 0 Å². The average Bonchev–Trinajstić information content (AvgIpc) is 3.08. The number of thiazole rings is 1. The van der Waals surface area contributed by atoms with Gasteiger partial charge in [0.2, 0.25) is 21.5 Å². The first kappa shape index (κ1) is 20.2. The van der Waals surface area contributed by atoms with Gasteiger partial charge in [0.25, 0.3) is 5.91 Å². The Hall–Kier alpha value is -2.57. The quantitative estimate of drug-likeness (QED) is 0.678. The highest BCUT2D eigenvalue weighted by atomic mass is 32.2. The maximum absolute atomic E-state index is 12.4. The fourth-order valence-electron chi connectivity index (χ4n) is 2.70. The number of H-pyrrole nitrogens is 1. The average molecular weight is 425 g/mol. The highest BCUT2D eigenvalue weighted by Crippen LogP contribution is 2.18. The Kier molecular flexibility index (Phi) is 5.91. The lowest BCUT2D eigenvalue weighted by molar-refractivity contribution is -0.131. The van der Waals surface area contributed by atoms with Crippen molar-refractivity contribution in [2.75, 3.05) is 37.8 Å². The van der Waals surface area contributed by atoms with E-state index in [4.69, 9.17) is 0 Å². The zero-order valence-electron chi connectivity index (χ0n) is 15.0. The van der Waals surface area contributed by atoms with E-state index in [1.807, 2.05) is 0 Å². The number of nitrogens with zero attached hydrogens (tertiary/aromatic N) is 3. The Balaban J connectivity index is 1.54. The summed E-state index contributed by atoms with van der Waals surface area (Å²) in [6.45, 7) is 1.24. The topological polar surface area (TPSA) is 133 Å². The van der Waals surface area contributed by atoms with Gasteiger partial charge >= 0.3 is 0 Å². The molecule has 10 nitrogen and oxygen atoms in total. The molecule has 1 aliphatic heterocycles. The molecule has 12 heteroatoms. The van der Waals surface area contributed by atoms with E-state index in [0.29, 0.717) is 23.9 Å². The van der Waals surface area contributed by atoms with Crippen molar-refractivity contribution in [2.45, 2.75) is 6.42 Å². The minimum absolute atomic E-state index is 0.0733. The van der Waals surface area contributed by atoms with E-state index in [-0.39, 0.29) is 36.5 Å². The molecule has 3 heterocycles. The Bertz CT molecular complexity index is 1020. The van der Waals surface area contributed by atoms with Crippen molar-refractivity contribution in [3.63, 3.8) is 0 Å².